The summed E-state index contributed by atoms with van der Waals surface area (Å²) in [6, 6.07) is 12.4. The van der Waals surface area contributed by atoms with Crippen molar-refractivity contribution >= 4 is 40.0 Å². The van der Waals surface area contributed by atoms with Crippen LogP contribution in [-0.2, 0) is 0 Å². The molecule has 0 N–H and O–H groups in total. The number of halogens is 2. The van der Waals surface area contributed by atoms with E-state index in [-0.39, 0.29) is 5.78 Å². The molecule has 4 heteroatoms. The highest BCUT2D eigenvalue weighted by Gasteiger charge is 2.11. The average molecular weight is 373 g/mol. The molecule has 0 saturated heterocycles. The van der Waals surface area contributed by atoms with Crippen LogP contribution in [0.25, 0.3) is 0 Å². The summed E-state index contributed by atoms with van der Waals surface area (Å²) in [6.07, 6.45) is 0. The number of hydrogen-bond donors (Lipinski definition) is 0. The molecule has 0 atom stereocenters. The van der Waals surface area contributed by atoms with E-state index in [0.29, 0.717) is 21.9 Å². The molecule has 0 fully saturated rings. The molecule has 0 spiro atoms. The molecule has 0 saturated carbocycles. The molecule has 0 bridgehead atoms. The predicted molar refractivity (Wildman–Crippen MR) is 80.6 cm³/mol. The molecule has 0 aliphatic rings. The molecule has 0 aliphatic heterocycles. The molecule has 0 aromatic heterocycles. The maximum Gasteiger partial charge on any atom is 0.193 e. The molecule has 2 nitrogen and oxygen atoms in total. The van der Waals surface area contributed by atoms with E-state index in [1.165, 1.54) is 0 Å². The van der Waals surface area contributed by atoms with Gasteiger partial charge >= 0.3 is 0 Å². The molecule has 2 aromatic carbocycles. The summed E-state index contributed by atoms with van der Waals surface area (Å²) < 4.78 is 6.03. The summed E-state index contributed by atoms with van der Waals surface area (Å²) in [5.41, 5.74) is 1.17. The Kier molecular flexibility index (Phi) is 4.24. The van der Waals surface area contributed by atoms with Gasteiger partial charge < -0.3 is 4.74 Å². The molecule has 0 heterocycles. The second kappa shape index (κ2) is 5.71. The lowest BCUT2D eigenvalue weighted by Gasteiger charge is -2.05. The molecule has 2 aromatic rings. The van der Waals surface area contributed by atoms with Crippen LogP contribution in [0.1, 0.15) is 15.9 Å². The van der Waals surface area contributed by atoms with Gasteiger partial charge in [-0.15, -0.1) is 0 Å². The lowest BCUT2D eigenvalue weighted by Crippen LogP contribution is -2.01. The number of ether oxygens (including phenoxy) is 1. The van der Waals surface area contributed by atoms with Gasteiger partial charge in [-0.1, -0.05) is 23.7 Å². The van der Waals surface area contributed by atoms with Gasteiger partial charge in [0.2, 0.25) is 0 Å². The van der Waals surface area contributed by atoms with Crippen LogP contribution < -0.4 is 4.74 Å². The minimum atomic E-state index is -0.0628. The minimum absolute atomic E-state index is 0.0628. The zero-order valence-electron chi connectivity index (χ0n) is 9.61. The predicted octanol–water partition coefficient (Wildman–Crippen LogP) is 4.18. The molecule has 18 heavy (non-hydrogen) atoms. The molecular formula is C14H10ClIO2. The highest BCUT2D eigenvalue weighted by Crippen LogP contribution is 2.22. The number of methoxy groups -OCH3 is 1. The van der Waals surface area contributed by atoms with Crippen molar-refractivity contribution in [2.24, 2.45) is 0 Å². The zero-order chi connectivity index (χ0) is 13.1. The summed E-state index contributed by atoms with van der Waals surface area (Å²) >= 11 is 8.15. The van der Waals surface area contributed by atoms with Crippen molar-refractivity contribution in [3.8, 4) is 5.75 Å². The smallest absolute Gasteiger partial charge is 0.193 e. The monoisotopic (exact) mass is 372 g/mol. The first-order valence-electron chi connectivity index (χ1n) is 5.25. The van der Waals surface area contributed by atoms with Crippen molar-refractivity contribution in [3.63, 3.8) is 0 Å². The number of hydrogen-bond acceptors (Lipinski definition) is 2. The third-order valence-electron chi connectivity index (χ3n) is 2.51. The molecule has 0 amide bonds. The van der Waals surface area contributed by atoms with E-state index in [9.17, 15) is 4.79 Å². The fourth-order valence-electron chi connectivity index (χ4n) is 1.57. The molecule has 0 radical (unpaired) electrons. The van der Waals surface area contributed by atoms with E-state index in [1.807, 2.05) is 6.07 Å². The minimum Gasteiger partial charge on any atom is -0.497 e. The van der Waals surface area contributed by atoms with Crippen molar-refractivity contribution in [1.29, 1.82) is 0 Å². The normalized spacial score (nSPS) is 10.2. The fourth-order valence-corrected chi connectivity index (χ4v) is 2.08. The Morgan fingerprint density at radius 2 is 1.89 bits per heavy atom. The third kappa shape index (κ3) is 2.84. The van der Waals surface area contributed by atoms with Crippen LogP contribution in [0.3, 0.4) is 0 Å². The molecule has 0 unspecified atom stereocenters. The van der Waals surface area contributed by atoms with Crippen molar-refractivity contribution in [2.75, 3.05) is 7.11 Å². The Hall–Kier alpha value is -1.07. The van der Waals surface area contributed by atoms with Gasteiger partial charge in [-0.25, -0.2) is 0 Å². The number of rotatable bonds is 3. The number of carbonyl (C=O) groups is 1. The van der Waals surface area contributed by atoms with E-state index in [4.69, 9.17) is 16.3 Å². The van der Waals surface area contributed by atoms with Crippen LogP contribution in [0.4, 0.5) is 0 Å². The molecule has 0 aliphatic carbocycles. The van der Waals surface area contributed by atoms with Crippen LogP contribution in [0, 0.1) is 3.57 Å². The van der Waals surface area contributed by atoms with Gasteiger partial charge in [0.15, 0.2) is 5.78 Å². The largest absolute Gasteiger partial charge is 0.497 e. The summed E-state index contributed by atoms with van der Waals surface area (Å²) in [4.78, 5) is 12.3. The first kappa shape index (κ1) is 13.4. The first-order chi connectivity index (χ1) is 8.61. The van der Waals surface area contributed by atoms with Gasteiger partial charge in [-0.2, -0.15) is 0 Å². The Morgan fingerprint density at radius 3 is 2.56 bits per heavy atom. The summed E-state index contributed by atoms with van der Waals surface area (Å²) in [5, 5.41) is 0.587. The van der Waals surface area contributed by atoms with Gasteiger partial charge in [0.1, 0.15) is 5.75 Å². The average Bonchev–Trinajstić information content (AvgIpc) is 2.41. The maximum absolute atomic E-state index is 12.3. The maximum atomic E-state index is 12.3. The molecular weight excluding hydrogens is 363 g/mol. The van der Waals surface area contributed by atoms with E-state index >= 15 is 0 Å². The number of ketones is 1. The van der Waals surface area contributed by atoms with E-state index in [0.717, 1.165) is 3.57 Å². The van der Waals surface area contributed by atoms with Crippen LogP contribution in [0.15, 0.2) is 42.5 Å². The van der Waals surface area contributed by atoms with Gasteiger partial charge in [-0.05, 0) is 52.9 Å². The van der Waals surface area contributed by atoms with Crippen LogP contribution >= 0.6 is 34.2 Å². The van der Waals surface area contributed by atoms with Crippen molar-refractivity contribution in [1.82, 2.24) is 0 Å². The van der Waals surface area contributed by atoms with Crippen LogP contribution in [-0.4, -0.2) is 12.9 Å². The lowest BCUT2D eigenvalue weighted by molar-refractivity contribution is 0.103. The van der Waals surface area contributed by atoms with Gasteiger partial charge in [0.25, 0.3) is 0 Å². The van der Waals surface area contributed by atoms with Crippen molar-refractivity contribution in [2.45, 2.75) is 0 Å². The van der Waals surface area contributed by atoms with E-state index in [1.54, 1.807) is 43.5 Å². The third-order valence-corrected chi connectivity index (χ3v) is 4.09. The second-order valence-electron chi connectivity index (χ2n) is 3.69. The van der Waals surface area contributed by atoms with Crippen LogP contribution in [0.5, 0.6) is 5.75 Å². The van der Waals surface area contributed by atoms with Gasteiger partial charge in [0.05, 0.1) is 12.1 Å². The van der Waals surface area contributed by atoms with Gasteiger partial charge in [0, 0.05) is 14.7 Å². The Labute approximate surface area is 124 Å². The van der Waals surface area contributed by atoms with Crippen LogP contribution in [0.2, 0.25) is 5.02 Å². The summed E-state index contributed by atoms with van der Waals surface area (Å²) in [5.74, 6) is 0.602. The highest BCUT2D eigenvalue weighted by atomic mass is 127. The van der Waals surface area contributed by atoms with Crippen molar-refractivity contribution < 1.29 is 9.53 Å². The lowest BCUT2D eigenvalue weighted by atomic mass is 10.0. The topological polar surface area (TPSA) is 26.3 Å². The Morgan fingerprint density at radius 1 is 1.17 bits per heavy atom. The fraction of sp³-hybridized carbons (Fsp3) is 0.0714. The van der Waals surface area contributed by atoms with Gasteiger partial charge in [-0.3, -0.25) is 4.79 Å². The number of carbonyl (C=O) groups excluding carboxylic acids is 1. The quantitative estimate of drug-likeness (QED) is 0.597. The van der Waals surface area contributed by atoms with E-state index < -0.39 is 0 Å². The number of benzene rings is 2. The van der Waals surface area contributed by atoms with Crippen molar-refractivity contribution in [3.05, 3.63) is 62.2 Å². The second-order valence-corrected chi connectivity index (χ2v) is 5.26. The highest BCUT2D eigenvalue weighted by molar-refractivity contribution is 14.1. The summed E-state index contributed by atoms with van der Waals surface area (Å²) in [6.45, 7) is 0. The standard InChI is InChI=1S/C14H10ClIO2/c1-18-11-4-2-3-9(7-11)14(17)10-5-6-13(16)12(15)8-10/h2-8H,1H3. The Balaban J connectivity index is 2.38. The Bertz CT molecular complexity index is 596. The zero-order valence-corrected chi connectivity index (χ0v) is 12.5. The first-order valence-corrected chi connectivity index (χ1v) is 6.71. The molecule has 2 rings (SSSR count). The SMILES string of the molecule is COc1cccc(C(=O)c2ccc(I)c(Cl)c2)c1. The molecule has 92 valence electrons. The van der Waals surface area contributed by atoms with E-state index in [2.05, 4.69) is 22.6 Å². The summed E-state index contributed by atoms with van der Waals surface area (Å²) in [7, 11) is 1.57.